The number of rotatable bonds is 0. The highest BCUT2D eigenvalue weighted by molar-refractivity contribution is 5.81. The van der Waals surface area contributed by atoms with Crippen molar-refractivity contribution in [1.29, 1.82) is 0 Å². The summed E-state index contributed by atoms with van der Waals surface area (Å²) in [5.41, 5.74) is 0. The van der Waals surface area contributed by atoms with E-state index < -0.39 is 0 Å². The lowest BCUT2D eigenvalue weighted by Gasteiger charge is -2.25. The minimum Gasteiger partial charge on any atom is -0.368 e. The van der Waals surface area contributed by atoms with Crippen LogP contribution in [-0.4, -0.2) is 24.7 Å². The van der Waals surface area contributed by atoms with Crippen molar-refractivity contribution >= 4 is 5.91 Å². The lowest BCUT2D eigenvalue weighted by atomic mass is 9.90. The number of carbonyl (C=O) groups is 1. The number of hydrogen-bond acceptors (Lipinski definition) is 2. The predicted molar refractivity (Wildman–Crippen MR) is 51.6 cm³/mol. The SMILES string of the molecule is C[C@H]1OC[C@@H]2[C@H](NC1=O)[C@H]1C=C[C@@H]2C1. The van der Waals surface area contributed by atoms with Crippen LogP contribution in [0.3, 0.4) is 0 Å². The van der Waals surface area contributed by atoms with Gasteiger partial charge in [-0.3, -0.25) is 4.79 Å². The van der Waals surface area contributed by atoms with Gasteiger partial charge in [-0.15, -0.1) is 0 Å². The van der Waals surface area contributed by atoms with Crippen LogP contribution < -0.4 is 5.32 Å². The number of amides is 1. The van der Waals surface area contributed by atoms with Gasteiger partial charge in [-0.05, 0) is 25.2 Å². The summed E-state index contributed by atoms with van der Waals surface area (Å²) in [6, 6.07) is 0.336. The molecule has 3 heteroatoms. The van der Waals surface area contributed by atoms with Gasteiger partial charge in [-0.1, -0.05) is 12.2 Å². The first-order valence-electron chi connectivity index (χ1n) is 5.36. The first kappa shape index (κ1) is 8.48. The average Bonchev–Trinajstić information content (AvgIpc) is 2.71. The van der Waals surface area contributed by atoms with Gasteiger partial charge in [-0.25, -0.2) is 0 Å². The summed E-state index contributed by atoms with van der Waals surface area (Å²) in [4.78, 5) is 11.6. The van der Waals surface area contributed by atoms with Gasteiger partial charge in [0, 0.05) is 12.0 Å². The topological polar surface area (TPSA) is 38.3 Å². The molecule has 3 rings (SSSR count). The van der Waals surface area contributed by atoms with Crippen LogP contribution in [0.5, 0.6) is 0 Å². The third-order valence-electron chi connectivity index (χ3n) is 3.84. The Hall–Kier alpha value is -0.830. The van der Waals surface area contributed by atoms with Gasteiger partial charge in [0.15, 0.2) is 0 Å². The van der Waals surface area contributed by atoms with Crippen LogP contribution in [0.4, 0.5) is 0 Å². The van der Waals surface area contributed by atoms with E-state index in [0.29, 0.717) is 23.8 Å². The van der Waals surface area contributed by atoms with E-state index in [1.54, 1.807) is 0 Å². The number of carbonyl (C=O) groups excluding carboxylic acids is 1. The standard InChI is InChI=1S/C11H15NO2/c1-6-11(13)12-10-8-3-2-7(4-8)9(10)5-14-6/h2-3,6-10H,4-5H2,1H3,(H,12,13)/t6-,7-,8+,9+,10-/m1/s1. The third-order valence-corrected chi connectivity index (χ3v) is 3.84. The second-order valence-electron chi connectivity index (χ2n) is 4.62. The number of nitrogens with one attached hydrogen (secondary N) is 1. The maximum Gasteiger partial charge on any atom is 0.249 e. The van der Waals surface area contributed by atoms with Gasteiger partial charge in [0.1, 0.15) is 6.10 Å². The Bertz CT molecular complexity index is 300. The Kier molecular flexibility index (Phi) is 1.71. The summed E-state index contributed by atoms with van der Waals surface area (Å²) in [7, 11) is 0. The molecule has 3 nitrogen and oxygen atoms in total. The summed E-state index contributed by atoms with van der Waals surface area (Å²) >= 11 is 0. The van der Waals surface area contributed by atoms with E-state index in [2.05, 4.69) is 17.5 Å². The molecule has 1 aliphatic heterocycles. The quantitative estimate of drug-likeness (QED) is 0.575. The highest BCUT2D eigenvalue weighted by Crippen LogP contribution is 2.44. The molecule has 2 aliphatic carbocycles. The lowest BCUT2D eigenvalue weighted by molar-refractivity contribution is -0.130. The Balaban J connectivity index is 1.86. The molecule has 0 aromatic rings. The molecule has 3 aliphatic rings. The zero-order valence-electron chi connectivity index (χ0n) is 8.27. The van der Waals surface area contributed by atoms with Crippen molar-refractivity contribution < 1.29 is 9.53 Å². The van der Waals surface area contributed by atoms with Gasteiger partial charge < -0.3 is 10.1 Å². The van der Waals surface area contributed by atoms with E-state index in [-0.39, 0.29) is 12.0 Å². The molecule has 0 radical (unpaired) electrons. The summed E-state index contributed by atoms with van der Waals surface area (Å²) in [5.74, 6) is 1.76. The monoisotopic (exact) mass is 193 g/mol. The number of fused-ring (bicyclic) bond motifs is 5. The van der Waals surface area contributed by atoms with Gasteiger partial charge in [0.05, 0.1) is 6.61 Å². The van der Waals surface area contributed by atoms with Crippen molar-refractivity contribution in [2.45, 2.75) is 25.5 Å². The van der Waals surface area contributed by atoms with E-state index >= 15 is 0 Å². The molecule has 1 saturated carbocycles. The molecule has 2 bridgehead atoms. The molecule has 1 N–H and O–H groups in total. The Morgan fingerprint density at radius 3 is 3.07 bits per heavy atom. The zero-order valence-corrected chi connectivity index (χ0v) is 8.27. The van der Waals surface area contributed by atoms with Crippen LogP contribution in [0, 0.1) is 17.8 Å². The highest BCUT2D eigenvalue weighted by atomic mass is 16.5. The van der Waals surface area contributed by atoms with Gasteiger partial charge in [-0.2, -0.15) is 0 Å². The van der Waals surface area contributed by atoms with Gasteiger partial charge in [0.2, 0.25) is 5.91 Å². The van der Waals surface area contributed by atoms with Crippen LogP contribution in [0.2, 0.25) is 0 Å². The zero-order chi connectivity index (χ0) is 9.71. The van der Waals surface area contributed by atoms with Crippen LogP contribution in [0.1, 0.15) is 13.3 Å². The summed E-state index contributed by atoms with van der Waals surface area (Å²) in [6.07, 6.45) is 5.47. The summed E-state index contributed by atoms with van der Waals surface area (Å²) in [6.45, 7) is 2.56. The van der Waals surface area contributed by atoms with E-state index in [1.165, 1.54) is 6.42 Å². The van der Waals surface area contributed by atoms with E-state index in [1.807, 2.05) is 6.92 Å². The summed E-state index contributed by atoms with van der Waals surface area (Å²) < 4.78 is 5.54. The Morgan fingerprint density at radius 1 is 1.43 bits per heavy atom. The second-order valence-corrected chi connectivity index (χ2v) is 4.62. The molecule has 5 atom stereocenters. The maximum absolute atomic E-state index is 11.6. The fraction of sp³-hybridized carbons (Fsp3) is 0.727. The lowest BCUT2D eigenvalue weighted by Crippen LogP contribution is -2.43. The fourth-order valence-corrected chi connectivity index (χ4v) is 2.98. The molecule has 1 amide bonds. The summed E-state index contributed by atoms with van der Waals surface area (Å²) in [5, 5.41) is 3.11. The number of allylic oxidation sites excluding steroid dienone is 1. The van der Waals surface area contributed by atoms with Gasteiger partial charge >= 0.3 is 0 Å². The minimum absolute atomic E-state index is 0.0541. The molecule has 14 heavy (non-hydrogen) atoms. The Morgan fingerprint density at radius 2 is 2.21 bits per heavy atom. The van der Waals surface area contributed by atoms with Crippen LogP contribution >= 0.6 is 0 Å². The fourth-order valence-electron chi connectivity index (χ4n) is 2.98. The van der Waals surface area contributed by atoms with Crippen LogP contribution in [-0.2, 0) is 9.53 Å². The molecular weight excluding hydrogens is 178 g/mol. The Labute approximate surface area is 83.5 Å². The number of ether oxygens (including phenoxy) is 1. The van der Waals surface area contributed by atoms with E-state index in [4.69, 9.17) is 4.74 Å². The molecule has 1 saturated heterocycles. The predicted octanol–water partition coefficient (Wildman–Crippen LogP) is 0.712. The minimum atomic E-state index is -0.278. The first-order chi connectivity index (χ1) is 6.75. The van der Waals surface area contributed by atoms with Crippen molar-refractivity contribution in [3.05, 3.63) is 12.2 Å². The largest absolute Gasteiger partial charge is 0.368 e. The third kappa shape index (κ3) is 1.05. The van der Waals surface area contributed by atoms with Crippen molar-refractivity contribution in [1.82, 2.24) is 5.32 Å². The van der Waals surface area contributed by atoms with Crippen molar-refractivity contribution in [3.63, 3.8) is 0 Å². The molecular formula is C11H15NO2. The van der Waals surface area contributed by atoms with Crippen molar-refractivity contribution in [3.8, 4) is 0 Å². The highest BCUT2D eigenvalue weighted by Gasteiger charge is 2.47. The van der Waals surface area contributed by atoms with Gasteiger partial charge in [0.25, 0.3) is 0 Å². The normalized spacial score (nSPS) is 50.1. The molecule has 2 fully saturated rings. The molecule has 0 aromatic carbocycles. The molecule has 0 spiro atoms. The van der Waals surface area contributed by atoms with Crippen molar-refractivity contribution in [2.75, 3.05) is 6.61 Å². The molecule has 76 valence electrons. The van der Waals surface area contributed by atoms with Crippen molar-refractivity contribution in [2.24, 2.45) is 17.8 Å². The first-order valence-corrected chi connectivity index (χ1v) is 5.36. The smallest absolute Gasteiger partial charge is 0.249 e. The number of hydrogen-bond donors (Lipinski definition) is 1. The van der Waals surface area contributed by atoms with Crippen LogP contribution in [0.25, 0.3) is 0 Å². The second kappa shape index (κ2) is 2.83. The molecule has 0 aromatic heterocycles. The van der Waals surface area contributed by atoms with E-state index in [9.17, 15) is 4.79 Å². The maximum atomic E-state index is 11.6. The molecule has 1 heterocycles. The van der Waals surface area contributed by atoms with E-state index in [0.717, 1.165) is 6.61 Å². The average molecular weight is 193 g/mol. The van der Waals surface area contributed by atoms with Crippen LogP contribution in [0.15, 0.2) is 12.2 Å². The molecule has 0 unspecified atom stereocenters.